The molecule has 0 spiro atoms. The number of alkyl halides is 3. The van der Waals surface area contributed by atoms with Crippen LogP contribution in [0.5, 0.6) is 0 Å². The summed E-state index contributed by atoms with van der Waals surface area (Å²) in [5.74, 6) is -0.604. The van der Waals surface area contributed by atoms with Gasteiger partial charge in [0.15, 0.2) is 0 Å². The molecule has 0 radical (unpaired) electrons. The first kappa shape index (κ1) is 26.8. The van der Waals surface area contributed by atoms with Crippen molar-refractivity contribution in [3.8, 4) is 0 Å². The zero-order valence-corrected chi connectivity index (χ0v) is 20.8. The number of quaternary nitrogens is 1. The van der Waals surface area contributed by atoms with Gasteiger partial charge in [-0.15, -0.1) is 0 Å². The molecule has 0 saturated carbocycles. The Morgan fingerprint density at radius 3 is 2.46 bits per heavy atom. The van der Waals surface area contributed by atoms with Crippen molar-refractivity contribution in [3.63, 3.8) is 0 Å². The summed E-state index contributed by atoms with van der Waals surface area (Å²) in [5, 5.41) is 2.90. The number of para-hydroxylation sites is 1. The Labute approximate surface area is 208 Å². The number of carbonyl (C=O) groups is 2. The summed E-state index contributed by atoms with van der Waals surface area (Å²) in [7, 11) is 2.14. The van der Waals surface area contributed by atoms with E-state index in [0.717, 1.165) is 43.0 Å². The van der Waals surface area contributed by atoms with E-state index in [-0.39, 0.29) is 18.4 Å². The minimum atomic E-state index is -4.42. The molecule has 1 unspecified atom stereocenters. The van der Waals surface area contributed by atoms with Gasteiger partial charge >= 0.3 is 6.18 Å². The Bertz CT molecular complexity index is 1050. The van der Waals surface area contributed by atoms with Crippen LogP contribution < -0.4 is 15.1 Å². The number of anilines is 1. The number of unbranched alkanes of at least 4 members (excludes halogenated alkanes) is 1. The fraction of sp³-hybridized carbons (Fsp3) is 0.385. The third-order valence-corrected chi connectivity index (χ3v) is 6.81. The number of hydrogen-bond donors (Lipinski definition) is 2. The highest BCUT2D eigenvalue weighted by Crippen LogP contribution is 2.42. The van der Waals surface area contributed by atoms with Crippen LogP contribution in [0.25, 0.3) is 6.08 Å². The molecule has 1 aliphatic rings. The van der Waals surface area contributed by atoms with Gasteiger partial charge in [-0.3, -0.25) is 14.5 Å². The summed E-state index contributed by atoms with van der Waals surface area (Å²) in [6, 6.07) is 11.9. The van der Waals surface area contributed by atoms with Gasteiger partial charge in [0.2, 0.25) is 5.91 Å². The highest BCUT2D eigenvalue weighted by molar-refractivity contribution is 8.04. The second-order valence-corrected chi connectivity index (χ2v) is 9.69. The van der Waals surface area contributed by atoms with Crippen molar-refractivity contribution in [2.45, 2.75) is 37.3 Å². The third-order valence-electron chi connectivity index (χ3n) is 5.73. The predicted molar refractivity (Wildman–Crippen MR) is 133 cm³/mol. The Hall–Kier alpha value is -2.78. The molecule has 1 aliphatic heterocycles. The fourth-order valence-electron chi connectivity index (χ4n) is 3.76. The quantitative estimate of drug-likeness (QED) is 0.378. The first-order valence-corrected chi connectivity index (χ1v) is 12.6. The van der Waals surface area contributed by atoms with Crippen LogP contribution in [0.1, 0.15) is 37.3 Å². The molecule has 5 nitrogen and oxygen atoms in total. The van der Waals surface area contributed by atoms with Gasteiger partial charge in [0.25, 0.3) is 5.91 Å². The van der Waals surface area contributed by atoms with Crippen LogP contribution in [0.3, 0.4) is 0 Å². The molecule has 9 heteroatoms. The minimum Gasteiger partial charge on any atom is -0.354 e. The number of thioether (sulfide) groups is 1. The van der Waals surface area contributed by atoms with E-state index in [0.29, 0.717) is 22.7 Å². The molecule has 0 aliphatic carbocycles. The van der Waals surface area contributed by atoms with Gasteiger partial charge < -0.3 is 10.2 Å². The zero-order chi connectivity index (χ0) is 25.4. The number of fused-ring (bicyclic) bond motifs is 1. The topological polar surface area (TPSA) is 53.9 Å². The number of rotatable bonds is 10. The normalized spacial score (nSPS) is 15.7. The molecule has 3 rings (SSSR count). The average molecular weight is 507 g/mol. The summed E-state index contributed by atoms with van der Waals surface area (Å²) in [4.78, 5) is 29.9. The number of carbonyl (C=O) groups excluding carboxylic acids is 2. The largest absolute Gasteiger partial charge is 0.416 e. The van der Waals surface area contributed by atoms with E-state index in [4.69, 9.17) is 0 Å². The van der Waals surface area contributed by atoms with E-state index in [9.17, 15) is 22.8 Å². The molecule has 2 amide bonds. The van der Waals surface area contributed by atoms with E-state index >= 15 is 0 Å². The monoisotopic (exact) mass is 506 g/mol. The van der Waals surface area contributed by atoms with Crippen molar-refractivity contribution < 1.29 is 27.7 Å². The van der Waals surface area contributed by atoms with Crippen molar-refractivity contribution >= 4 is 35.3 Å². The van der Waals surface area contributed by atoms with Crippen LogP contribution >= 0.6 is 11.8 Å². The molecule has 1 atom stereocenters. The van der Waals surface area contributed by atoms with Gasteiger partial charge in [-0.1, -0.05) is 49.4 Å². The van der Waals surface area contributed by atoms with Crippen LogP contribution in [-0.4, -0.2) is 45.0 Å². The van der Waals surface area contributed by atoms with E-state index in [1.807, 2.05) is 12.1 Å². The molecule has 35 heavy (non-hydrogen) atoms. The molecule has 2 N–H and O–H groups in total. The lowest BCUT2D eigenvalue weighted by molar-refractivity contribution is -0.879. The number of nitrogens with one attached hydrogen (secondary N) is 2. The van der Waals surface area contributed by atoms with Crippen molar-refractivity contribution in [2.24, 2.45) is 0 Å². The van der Waals surface area contributed by atoms with E-state index in [1.165, 1.54) is 40.1 Å². The summed E-state index contributed by atoms with van der Waals surface area (Å²) >= 11 is 1.24. The molecule has 2 aromatic carbocycles. The lowest BCUT2D eigenvalue weighted by Gasteiger charge is -2.29. The van der Waals surface area contributed by atoms with Crippen LogP contribution in [0.2, 0.25) is 0 Å². The Balaban J connectivity index is 1.68. The number of benzene rings is 2. The van der Waals surface area contributed by atoms with Crippen LogP contribution in [0.15, 0.2) is 58.3 Å². The van der Waals surface area contributed by atoms with Crippen LogP contribution in [0, 0.1) is 0 Å². The van der Waals surface area contributed by atoms with Crippen molar-refractivity contribution in [1.82, 2.24) is 5.32 Å². The van der Waals surface area contributed by atoms with Gasteiger partial charge in [-0.25, -0.2) is 0 Å². The molecule has 0 aromatic heterocycles. The Morgan fingerprint density at radius 2 is 1.77 bits per heavy atom. The van der Waals surface area contributed by atoms with Crippen molar-refractivity contribution in [3.05, 3.63) is 64.6 Å². The van der Waals surface area contributed by atoms with Crippen LogP contribution in [-0.2, 0) is 15.8 Å². The number of hydrogen-bond acceptors (Lipinski definition) is 3. The zero-order valence-electron chi connectivity index (χ0n) is 20.0. The molecule has 0 bridgehead atoms. The second kappa shape index (κ2) is 12.3. The molecular weight excluding hydrogens is 475 g/mol. The first-order chi connectivity index (χ1) is 16.7. The lowest BCUT2D eigenvalue weighted by atomic mass is 10.1. The molecule has 2 aromatic rings. The minimum absolute atomic E-state index is 0.126. The summed E-state index contributed by atoms with van der Waals surface area (Å²) in [6.07, 6.45) is 0.322. The van der Waals surface area contributed by atoms with Crippen LogP contribution in [0.4, 0.5) is 18.9 Å². The van der Waals surface area contributed by atoms with E-state index in [2.05, 4.69) is 19.3 Å². The van der Waals surface area contributed by atoms with Gasteiger partial charge in [0, 0.05) is 17.9 Å². The maximum atomic E-state index is 13.2. The predicted octanol–water partition coefficient (Wildman–Crippen LogP) is 4.01. The van der Waals surface area contributed by atoms with Gasteiger partial charge in [-0.2, -0.15) is 13.2 Å². The van der Waals surface area contributed by atoms with Crippen molar-refractivity contribution in [2.75, 3.05) is 38.1 Å². The van der Waals surface area contributed by atoms with Gasteiger partial charge in [0.1, 0.15) is 6.54 Å². The molecule has 0 fully saturated rings. The Morgan fingerprint density at radius 1 is 1.09 bits per heavy atom. The van der Waals surface area contributed by atoms with E-state index in [1.54, 1.807) is 18.2 Å². The summed E-state index contributed by atoms with van der Waals surface area (Å²) < 4.78 is 38.6. The maximum absolute atomic E-state index is 13.2. The molecular formula is C26H31F3N3O2S+. The van der Waals surface area contributed by atoms with Crippen molar-refractivity contribution in [1.29, 1.82) is 0 Å². The standard InChI is InChI=1S/C26H30F3N3O2S/c1-3-4-15-31(2)16-7-14-30-24(33)18-32-21-8-5-6-9-22(21)35-23(25(32)34)17-19-10-12-20(13-11-19)26(27,28)29/h5-6,8-13,17H,3-4,7,14-16,18H2,1-2H3,(H,30,33)/p+1. The molecule has 188 valence electrons. The number of amides is 2. The number of halogens is 3. The third kappa shape index (κ3) is 7.60. The molecule has 0 saturated heterocycles. The highest BCUT2D eigenvalue weighted by Gasteiger charge is 2.31. The number of nitrogens with zero attached hydrogens (tertiary/aromatic N) is 1. The highest BCUT2D eigenvalue weighted by atomic mass is 32.2. The summed E-state index contributed by atoms with van der Waals surface area (Å²) in [6.45, 7) is 4.64. The average Bonchev–Trinajstić information content (AvgIpc) is 2.83. The fourth-order valence-corrected chi connectivity index (χ4v) is 4.82. The maximum Gasteiger partial charge on any atom is 0.416 e. The SMILES string of the molecule is CCCC[NH+](C)CCCNC(=O)CN1C(=O)C(=Cc2ccc(C(F)(F)F)cc2)Sc2ccccc21. The summed E-state index contributed by atoms with van der Waals surface area (Å²) in [5.41, 5.74) is 0.377. The lowest BCUT2D eigenvalue weighted by Crippen LogP contribution is -3.09. The van der Waals surface area contributed by atoms with Gasteiger partial charge in [-0.05, 0) is 42.3 Å². The first-order valence-electron chi connectivity index (χ1n) is 11.7. The smallest absolute Gasteiger partial charge is 0.354 e. The van der Waals surface area contributed by atoms with E-state index < -0.39 is 11.7 Å². The van der Waals surface area contributed by atoms with Gasteiger partial charge in [0.05, 0.1) is 36.3 Å². The molecule has 1 heterocycles. The second-order valence-electron chi connectivity index (χ2n) is 8.60. The Kier molecular flexibility index (Phi) is 9.40.